The summed E-state index contributed by atoms with van der Waals surface area (Å²) < 4.78 is 0. The van der Waals surface area contributed by atoms with Gasteiger partial charge in [-0.2, -0.15) is 0 Å². The van der Waals surface area contributed by atoms with Crippen LogP contribution in [0.1, 0.15) is 30.1 Å². The van der Waals surface area contributed by atoms with Crippen LogP contribution in [0, 0.1) is 0 Å². The lowest BCUT2D eigenvalue weighted by Gasteiger charge is -2.33. The Balaban J connectivity index is 1.45. The van der Waals surface area contributed by atoms with Crippen LogP contribution in [-0.4, -0.2) is 42.6 Å². The Morgan fingerprint density at radius 2 is 1.85 bits per heavy atom. The average molecular weight is 367 g/mol. The number of carbonyl (C=O) groups is 2. The Kier molecular flexibility index (Phi) is 6.25. The number of anilines is 2. The van der Waals surface area contributed by atoms with E-state index in [2.05, 4.69) is 25.8 Å². The summed E-state index contributed by atoms with van der Waals surface area (Å²) in [5, 5.41) is 8.59. The molecule has 0 radical (unpaired) electrons. The van der Waals surface area contributed by atoms with Crippen molar-refractivity contribution in [3.8, 4) is 0 Å². The number of urea groups is 1. The molecule has 0 bridgehead atoms. The molecular formula is C20H25N5O2. The third-order valence-corrected chi connectivity index (χ3v) is 4.55. The van der Waals surface area contributed by atoms with Crippen molar-refractivity contribution < 1.29 is 9.59 Å². The molecule has 1 fully saturated rings. The molecule has 1 aromatic heterocycles. The fourth-order valence-corrected chi connectivity index (χ4v) is 3.11. The van der Waals surface area contributed by atoms with Crippen LogP contribution in [0.15, 0.2) is 48.7 Å². The molecule has 7 heteroatoms. The fraction of sp³-hybridized carbons (Fsp3) is 0.350. The van der Waals surface area contributed by atoms with Crippen LogP contribution in [0.3, 0.4) is 0 Å². The quantitative estimate of drug-likeness (QED) is 0.758. The van der Waals surface area contributed by atoms with Crippen LogP contribution in [0.4, 0.5) is 16.3 Å². The van der Waals surface area contributed by atoms with E-state index in [0.29, 0.717) is 17.8 Å². The number of aromatic nitrogens is 1. The third kappa shape index (κ3) is 5.20. The summed E-state index contributed by atoms with van der Waals surface area (Å²) in [4.78, 5) is 30.6. The lowest BCUT2D eigenvalue weighted by atomic mass is 10.1. The molecule has 1 aliphatic heterocycles. The summed E-state index contributed by atoms with van der Waals surface area (Å²) in [6.07, 6.45) is 3.55. The van der Waals surface area contributed by atoms with Crippen molar-refractivity contribution in [2.75, 3.05) is 29.9 Å². The highest BCUT2D eigenvalue weighted by molar-refractivity contribution is 5.95. The number of carbonyl (C=O) groups excluding carboxylic acids is 2. The second kappa shape index (κ2) is 9.02. The van der Waals surface area contributed by atoms with Gasteiger partial charge >= 0.3 is 6.03 Å². The Morgan fingerprint density at radius 3 is 2.48 bits per heavy atom. The van der Waals surface area contributed by atoms with Gasteiger partial charge < -0.3 is 20.9 Å². The van der Waals surface area contributed by atoms with Crippen LogP contribution in [0.2, 0.25) is 0 Å². The van der Waals surface area contributed by atoms with Crippen LogP contribution in [0.5, 0.6) is 0 Å². The summed E-state index contributed by atoms with van der Waals surface area (Å²) in [5.74, 6) is 0.862. The van der Waals surface area contributed by atoms with Gasteiger partial charge in [0.25, 0.3) is 5.91 Å². The van der Waals surface area contributed by atoms with Crippen molar-refractivity contribution in [3.05, 3.63) is 54.2 Å². The number of hydrogen-bond donors (Lipinski definition) is 3. The summed E-state index contributed by atoms with van der Waals surface area (Å²) in [6.45, 7) is 4.19. The van der Waals surface area contributed by atoms with E-state index in [4.69, 9.17) is 0 Å². The first-order chi connectivity index (χ1) is 13.2. The number of hydrogen-bond acceptors (Lipinski definition) is 4. The topological polar surface area (TPSA) is 86.4 Å². The molecule has 1 saturated heterocycles. The van der Waals surface area contributed by atoms with Crippen LogP contribution in [-0.2, 0) is 0 Å². The normalized spacial score (nSPS) is 14.5. The first-order valence-electron chi connectivity index (χ1n) is 9.27. The van der Waals surface area contributed by atoms with Crippen molar-refractivity contribution in [3.63, 3.8) is 0 Å². The minimum Gasteiger partial charge on any atom is -0.356 e. The maximum absolute atomic E-state index is 12.2. The smallest absolute Gasteiger partial charge is 0.319 e. The number of nitrogens with one attached hydrogen (secondary N) is 3. The Bertz CT molecular complexity index is 756. The van der Waals surface area contributed by atoms with Crippen molar-refractivity contribution >= 4 is 23.4 Å². The number of rotatable bonds is 5. The second-order valence-electron chi connectivity index (χ2n) is 6.48. The zero-order valence-corrected chi connectivity index (χ0v) is 15.4. The van der Waals surface area contributed by atoms with Gasteiger partial charge in [-0.1, -0.05) is 6.07 Å². The molecule has 0 saturated carbocycles. The number of benzene rings is 1. The largest absolute Gasteiger partial charge is 0.356 e. The molecule has 3 N–H and O–H groups in total. The molecule has 3 amide bonds. The maximum Gasteiger partial charge on any atom is 0.319 e. The molecular weight excluding hydrogens is 342 g/mol. The Morgan fingerprint density at radius 1 is 1.11 bits per heavy atom. The SMILES string of the molecule is CCNC(=O)c1ccc(NC(=O)NC2CCN(c3ccccn3)CC2)cc1. The lowest BCUT2D eigenvalue weighted by Crippen LogP contribution is -2.46. The highest BCUT2D eigenvalue weighted by atomic mass is 16.2. The number of amides is 3. The third-order valence-electron chi connectivity index (χ3n) is 4.55. The Labute approximate surface area is 159 Å². The highest BCUT2D eigenvalue weighted by Gasteiger charge is 2.21. The summed E-state index contributed by atoms with van der Waals surface area (Å²) in [5.41, 5.74) is 1.23. The summed E-state index contributed by atoms with van der Waals surface area (Å²) in [6, 6.07) is 12.7. The van der Waals surface area contributed by atoms with Gasteiger partial charge in [-0.15, -0.1) is 0 Å². The van der Waals surface area contributed by atoms with Crippen molar-refractivity contribution in [2.24, 2.45) is 0 Å². The van der Waals surface area contributed by atoms with Crippen LogP contribution >= 0.6 is 0 Å². The van der Waals surface area contributed by atoms with Gasteiger partial charge in [0.05, 0.1) is 0 Å². The molecule has 0 aliphatic carbocycles. The van der Waals surface area contributed by atoms with Crippen molar-refractivity contribution in [1.29, 1.82) is 0 Å². The summed E-state index contributed by atoms with van der Waals surface area (Å²) >= 11 is 0. The first kappa shape index (κ1) is 18.7. The number of nitrogens with zero attached hydrogens (tertiary/aromatic N) is 2. The van der Waals surface area contributed by atoms with Crippen LogP contribution < -0.4 is 20.9 Å². The van der Waals surface area contributed by atoms with Gasteiger partial charge in [0.15, 0.2) is 0 Å². The molecule has 2 aromatic rings. The first-order valence-corrected chi connectivity index (χ1v) is 9.27. The maximum atomic E-state index is 12.2. The lowest BCUT2D eigenvalue weighted by molar-refractivity contribution is 0.0956. The van der Waals surface area contributed by atoms with E-state index in [0.717, 1.165) is 31.7 Å². The summed E-state index contributed by atoms with van der Waals surface area (Å²) in [7, 11) is 0. The number of piperidine rings is 1. The van der Waals surface area contributed by atoms with Crippen molar-refractivity contribution in [2.45, 2.75) is 25.8 Å². The van der Waals surface area contributed by atoms with Gasteiger partial charge in [-0.3, -0.25) is 4.79 Å². The molecule has 142 valence electrons. The molecule has 1 aromatic carbocycles. The zero-order chi connectivity index (χ0) is 19.1. The average Bonchev–Trinajstić information content (AvgIpc) is 2.70. The molecule has 0 atom stereocenters. The van der Waals surface area contributed by atoms with Gasteiger partial charge in [-0.25, -0.2) is 9.78 Å². The molecule has 0 spiro atoms. The van der Waals surface area contributed by atoms with Crippen molar-refractivity contribution in [1.82, 2.24) is 15.6 Å². The molecule has 1 aliphatic rings. The van der Waals surface area contributed by atoms with Gasteiger partial charge in [0, 0.05) is 43.1 Å². The van der Waals surface area contributed by atoms with E-state index in [1.807, 2.05) is 25.1 Å². The minimum atomic E-state index is -0.225. The zero-order valence-electron chi connectivity index (χ0n) is 15.4. The predicted molar refractivity (Wildman–Crippen MR) is 106 cm³/mol. The van der Waals surface area contributed by atoms with Gasteiger partial charge in [0.1, 0.15) is 5.82 Å². The minimum absolute atomic E-state index is 0.117. The monoisotopic (exact) mass is 367 g/mol. The predicted octanol–water partition coefficient (Wildman–Crippen LogP) is 2.62. The van der Waals surface area contributed by atoms with Gasteiger partial charge in [0.2, 0.25) is 0 Å². The van der Waals surface area contributed by atoms with E-state index >= 15 is 0 Å². The molecule has 7 nitrogen and oxygen atoms in total. The fourth-order valence-electron chi connectivity index (χ4n) is 3.11. The van der Waals surface area contributed by atoms with Crippen LogP contribution in [0.25, 0.3) is 0 Å². The van der Waals surface area contributed by atoms with E-state index in [1.165, 1.54) is 0 Å². The molecule has 2 heterocycles. The van der Waals surface area contributed by atoms with E-state index in [9.17, 15) is 9.59 Å². The second-order valence-corrected chi connectivity index (χ2v) is 6.48. The standard InChI is InChI=1S/C20H25N5O2/c1-2-21-19(26)15-6-8-16(9-7-15)23-20(27)24-17-10-13-25(14-11-17)18-5-3-4-12-22-18/h3-9,12,17H,2,10-11,13-14H2,1H3,(H,21,26)(H2,23,24,27). The molecule has 27 heavy (non-hydrogen) atoms. The van der Waals surface area contributed by atoms with E-state index in [1.54, 1.807) is 30.5 Å². The highest BCUT2D eigenvalue weighted by Crippen LogP contribution is 2.17. The van der Waals surface area contributed by atoms with E-state index < -0.39 is 0 Å². The molecule has 3 rings (SSSR count). The van der Waals surface area contributed by atoms with E-state index in [-0.39, 0.29) is 18.0 Å². The Hall–Kier alpha value is -3.09. The molecule has 0 unspecified atom stereocenters. The number of pyridine rings is 1. The van der Waals surface area contributed by atoms with Gasteiger partial charge in [-0.05, 0) is 56.2 Å².